The van der Waals surface area contributed by atoms with Gasteiger partial charge >= 0.3 is 5.97 Å². The SMILES string of the molecule is CN(C/C=C(\C#Cc1ccc(CS)cc1)c1ccccc1)CC(=O)O. The molecule has 4 heteroatoms. The molecule has 25 heavy (non-hydrogen) atoms. The maximum atomic E-state index is 10.8. The fourth-order valence-electron chi connectivity index (χ4n) is 2.23. The molecule has 0 heterocycles. The zero-order valence-electron chi connectivity index (χ0n) is 14.1. The first kappa shape index (κ1) is 18.9. The van der Waals surface area contributed by atoms with Gasteiger partial charge in [-0.1, -0.05) is 60.4 Å². The van der Waals surface area contributed by atoms with E-state index in [1.54, 1.807) is 11.9 Å². The minimum atomic E-state index is -0.840. The van der Waals surface area contributed by atoms with Crippen molar-refractivity contribution in [3.63, 3.8) is 0 Å². The van der Waals surface area contributed by atoms with Crippen molar-refractivity contribution in [2.24, 2.45) is 0 Å². The summed E-state index contributed by atoms with van der Waals surface area (Å²) in [5.41, 5.74) is 4.00. The van der Waals surface area contributed by atoms with Gasteiger partial charge in [-0.15, -0.1) is 0 Å². The lowest BCUT2D eigenvalue weighted by molar-refractivity contribution is -0.137. The Balaban J connectivity index is 2.23. The van der Waals surface area contributed by atoms with Crippen LogP contribution in [0.2, 0.25) is 0 Å². The first-order valence-electron chi connectivity index (χ1n) is 7.96. The fourth-order valence-corrected chi connectivity index (χ4v) is 2.45. The Morgan fingerprint density at radius 1 is 1.16 bits per heavy atom. The molecule has 0 radical (unpaired) electrons. The van der Waals surface area contributed by atoms with Gasteiger partial charge < -0.3 is 5.11 Å². The fraction of sp³-hybridized carbons (Fsp3) is 0.190. The van der Waals surface area contributed by atoms with Gasteiger partial charge in [0.15, 0.2) is 0 Å². The summed E-state index contributed by atoms with van der Waals surface area (Å²) in [6.45, 7) is 0.515. The van der Waals surface area contributed by atoms with Gasteiger partial charge in [0.1, 0.15) is 0 Å². The van der Waals surface area contributed by atoms with E-state index in [2.05, 4.69) is 24.5 Å². The van der Waals surface area contributed by atoms with E-state index in [1.807, 2.05) is 60.7 Å². The van der Waals surface area contributed by atoms with Crippen LogP contribution >= 0.6 is 12.6 Å². The largest absolute Gasteiger partial charge is 0.480 e. The number of benzene rings is 2. The molecule has 0 aliphatic carbocycles. The molecule has 1 N–H and O–H groups in total. The van der Waals surface area contributed by atoms with Gasteiger partial charge in [-0.2, -0.15) is 12.6 Å². The second kappa shape index (κ2) is 9.73. The lowest BCUT2D eigenvalue weighted by atomic mass is 10.0. The summed E-state index contributed by atoms with van der Waals surface area (Å²) in [5, 5.41) is 8.87. The third kappa shape index (κ3) is 6.50. The molecule has 0 saturated carbocycles. The molecule has 2 rings (SSSR count). The monoisotopic (exact) mass is 351 g/mol. The van der Waals surface area contributed by atoms with Crippen LogP contribution in [-0.2, 0) is 10.5 Å². The van der Waals surface area contributed by atoms with Crippen molar-refractivity contribution in [2.45, 2.75) is 5.75 Å². The average molecular weight is 351 g/mol. The number of carboxylic acids is 1. The Bertz CT molecular complexity index is 786. The van der Waals surface area contributed by atoms with E-state index in [4.69, 9.17) is 5.11 Å². The third-order valence-electron chi connectivity index (χ3n) is 3.58. The van der Waals surface area contributed by atoms with Crippen molar-refractivity contribution in [3.8, 4) is 11.8 Å². The van der Waals surface area contributed by atoms with Gasteiger partial charge in [-0.05, 0) is 30.3 Å². The molecule has 128 valence electrons. The zero-order chi connectivity index (χ0) is 18.1. The second-order valence-corrected chi connectivity index (χ2v) is 6.00. The highest BCUT2D eigenvalue weighted by atomic mass is 32.1. The Kier molecular flexibility index (Phi) is 7.34. The predicted molar refractivity (Wildman–Crippen MR) is 106 cm³/mol. The molecule has 2 aromatic carbocycles. The quantitative estimate of drug-likeness (QED) is 0.617. The Morgan fingerprint density at radius 3 is 2.44 bits per heavy atom. The molecule has 0 bridgehead atoms. The maximum Gasteiger partial charge on any atom is 0.317 e. The minimum Gasteiger partial charge on any atom is -0.480 e. The summed E-state index contributed by atoms with van der Waals surface area (Å²) in [5.74, 6) is 6.26. The van der Waals surface area contributed by atoms with Crippen molar-refractivity contribution in [1.82, 2.24) is 4.90 Å². The Labute approximate surface area is 154 Å². The highest BCUT2D eigenvalue weighted by molar-refractivity contribution is 7.79. The summed E-state index contributed by atoms with van der Waals surface area (Å²) in [4.78, 5) is 12.5. The van der Waals surface area contributed by atoms with Crippen molar-refractivity contribution < 1.29 is 9.90 Å². The Hall–Kier alpha value is -2.48. The highest BCUT2D eigenvalue weighted by Crippen LogP contribution is 2.14. The zero-order valence-corrected chi connectivity index (χ0v) is 15.0. The van der Waals surface area contributed by atoms with Gasteiger partial charge in [0, 0.05) is 23.4 Å². The molecular weight excluding hydrogens is 330 g/mol. The van der Waals surface area contributed by atoms with Gasteiger partial charge in [-0.25, -0.2) is 0 Å². The van der Waals surface area contributed by atoms with Crippen molar-refractivity contribution >= 4 is 24.2 Å². The molecule has 0 atom stereocenters. The molecule has 0 fully saturated rings. The minimum absolute atomic E-state index is 0.00279. The van der Waals surface area contributed by atoms with E-state index in [0.29, 0.717) is 12.3 Å². The standard InChI is InChI=1S/C21H21NO2S/c1-22(15-21(23)24)14-13-20(19-5-3-2-4-6-19)12-11-17-7-9-18(16-25)10-8-17/h2-10,13,25H,14-16H2,1H3,(H,23,24)/b20-13+. The normalized spacial score (nSPS) is 11.1. The third-order valence-corrected chi connectivity index (χ3v) is 3.94. The number of carboxylic acid groups (broad SMARTS) is 1. The number of rotatable bonds is 6. The maximum absolute atomic E-state index is 10.8. The first-order valence-corrected chi connectivity index (χ1v) is 8.59. The number of likely N-dealkylation sites (N-methyl/N-ethyl adjacent to an activating group) is 1. The number of aliphatic carboxylic acids is 1. The summed E-state index contributed by atoms with van der Waals surface area (Å²) in [7, 11) is 1.77. The highest BCUT2D eigenvalue weighted by Gasteiger charge is 2.03. The smallest absolute Gasteiger partial charge is 0.317 e. The van der Waals surface area contributed by atoms with Gasteiger partial charge in [0.25, 0.3) is 0 Å². The second-order valence-electron chi connectivity index (χ2n) is 5.68. The van der Waals surface area contributed by atoms with Crippen LogP contribution in [0.15, 0.2) is 60.7 Å². The summed E-state index contributed by atoms with van der Waals surface area (Å²) >= 11 is 4.26. The molecule has 3 nitrogen and oxygen atoms in total. The van der Waals surface area contributed by atoms with Gasteiger partial charge in [0.05, 0.1) is 6.54 Å². The van der Waals surface area contributed by atoms with Crippen molar-refractivity contribution in [3.05, 3.63) is 77.4 Å². The van der Waals surface area contributed by atoms with Crippen molar-refractivity contribution in [2.75, 3.05) is 20.1 Å². The summed E-state index contributed by atoms with van der Waals surface area (Å²) in [6, 6.07) is 17.9. The van der Waals surface area contributed by atoms with Crippen molar-refractivity contribution in [1.29, 1.82) is 0 Å². The van der Waals surface area contributed by atoms with Gasteiger partial charge in [0.2, 0.25) is 0 Å². The van der Waals surface area contributed by atoms with Crippen LogP contribution < -0.4 is 0 Å². The van der Waals surface area contributed by atoms with Crippen LogP contribution in [0.4, 0.5) is 0 Å². The molecule has 0 amide bonds. The molecule has 0 aliphatic heterocycles. The number of allylic oxidation sites excluding steroid dienone is 1. The molecule has 0 unspecified atom stereocenters. The van der Waals surface area contributed by atoms with Gasteiger partial charge in [-0.3, -0.25) is 9.69 Å². The number of thiol groups is 1. The average Bonchev–Trinajstić information content (AvgIpc) is 2.62. The molecule has 0 spiro atoms. The topological polar surface area (TPSA) is 40.5 Å². The predicted octanol–water partition coefficient (Wildman–Crippen LogP) is 3.57. The van der Waals surface area contributed by atoms with Crippen LogP contribution in [0.5, 0.6) is 0 Å². The van der Waals surface area contributed by atoms with E-state index in [-0.39, 0.29) is 6.54 Å². The molecule has 0 aromatic heterocycles. The summed E-state index contributed by atoms with van der Waals surface area (Å²) in [6.07, 6.45) is 1.97. The summed E-state index contributed by atoms with van der Waals surface area (Å²) < 4.78 is 0. The molecular formula is C21H21NO2S. The number of hydrogen-bond donors (Lipinski definition) is 2. The lowest BCUT2D eigenvalue weighted by Crippen LogP contribution is -2.25. The molecule has 0 aliphatic rings. The van der Waals surface area contributed by atoms with E-state index in [1.165, 1.54) is 0 Å². The Morgan fingerprint density at radius 2 is 1.84 bits per heavy atom. The van der Waals surface area contributed by atoms with E-state index in [9.17, 15) is 4.79 Å². The van der Waals surface area contributed by atoms with E-state index >= 15 is 0 Å². The molecule has 2 aromatic rings. The number of hydrogen-bond acceptors (Lipinski definition) is 3. The lowest BCUT2D eigenvalue weighted by Gasteiger charge is -2.11. The van der Waals surface area contributed by atoms with E-state index < -0.39 is 5.97 Å². The van der Waals surface area contributed by atoms with Crippen LogP contribution in [-0.4, -0.2) is 36.1 Å². The van der Waals surface area contributed by atoms with Crippen LogP contribution in [0.3, 0.4) is 0 Å². The number of carbonyl (C=O) groups is 1. The van der Waals surface area contributed by atoms with Crippen LogP contribution in [0, 0.1) is 11.8 Å². The van der Waals surface area contributed by atoms with Crippen LogP contribution in [0.1, 0.15) is 16.7 Å². The molecule has 0 saturated heterocycles. The first-order chi connectivity index (χ1) is 12.1. The van der Waals surface area contributed by atoms with Crippen LogP contribution in [0.25, 0.3) is 5.57 Å². The van der Waals surface area contributed by atoms with E-state index in [0.717, 1.165) is 22.3 Å². The number of nitrogens with zero attached hydrogens (tertiary/aromatic N) is 1.